The summed E-state index contributed by atoms with van der Waals surface area (Å²) in [5, 5.41) is 3.80. The standard InChI is InChI=1S/C19H29N/c1-2-13-20-19-12-4-3-11-18(19)17-10-6-9-16(14-17)15-7-5-8-15/h6,9-10,14-15,18-20H,2-5,7-8,11-13H2,1H3. The fourth-order valence-electron chi connectivity index (χ4n) is 3.89. The van der Waals surface area contributed by atoms with Crippen LogP contribution in [0, 0.1) is 0 Å². The summed E-state index contributed by atoms with van der Waals surface area (Å²) in [6.07, 6.45) is 11.0. The maximum atomic E-state index is 3.80. The van der Waals surface area contributed by atoms with Crippen LogP contribution in [0.5, 0.6) is 0 Å². The first-order chi connectivity index (χ1) is 9.88. The van der Waals surface area contributed by atoms with Gasteiger partial charge in [0.25, 0.3) is 0 Å². The Bertz CT molecular complexity index is 422. The minimum absolute atomic E-state index is 0.709. The van der Waals surface area contributed by atoms with E-state index < -0.39 is 0 Å². The molecule has 0 spiro atoms. The van der Waals surface area contributed by atoms with Gasteiger partial charge in [-0.2, -0.15) is 0 Å². The lowest BCUT2D eigenvalue weighted by Gasteiger charge is -2.34. The number of hydrogen-bond acceptors (Lipinski definition) is 1. The SMILES string of the molecule is CCCNC1CCCCC1c1cccc(C2CCC2)c1. The molecule has 2 saturated carbocycles. The van der Waals surface area contributed by atoms with Crippen molar-refractivity contribution in [2.24, 2.45) is 0 Å². The zero-order valence-electron chi connectivity index (χ0n) is 12.9. The van der Waals surface area contributed by atoms with Gasteiger partial charge in [0.05, 0.1) is 0 Å². The third kappa shape index (κ3) is 3.09. The van der Waals surface area contributed by atoms with E-state index in [9.17, 15) is 0 Å². The number of rotatable bonds is 5. The predicted molar refractivity (Wildman–Crippen MR) is 86.3 cm³/mol. The molecule has 1 nitrogen and oxygen atoms in total. The minimum Gasteiger partial charge on any atom is -0.313 e. The first kappa shape index (κ1) is 14.1. The molecule has 1 heteroatoms. The third-order valence-electron chi connectivity index (χ3n) is 5.34. The molecular formula is C19H29N. The van der Waals surface area contributed by atoms with Gasteiger partial charge in [0.2, 0.25) is 0 Å². The Morgan fingerprint density at radius 3 is 2.55 bits per heavy atom. The van der Waals surface area contributed by atoms with Gasteiger partial charge >= 0.3 is 0 Å². The van der Waals surface area contributed by atoms with E-state index in [1.165, 1.54) is 57.9 Å². The van der Waals surface area contributed by atoms with Crippen molar-refractivity contribution >= 4 is 0 Å². The molecule has 0 bridgehead atoms. The van der Waals surface area contributed by atoms with Crippen LogP contribution in [0.4, 0.5) is 0 Å². The van der Waals surface area contributed by atoms with Crippen molar-refractivity contribution in [1.29, 1.82) is 0 Å². The lowest BCUT2D eigenvalue weighted by atomic mass is 9.76. The van der Waals surface area contributed by atoms with Gasteiger partial charge in [-0.15, -0.1) is 0 Å². The molecule has 110 valence electrons. The van der Waals surface area contributed by atoms with Crippen LogP contribution < -0.4 is 5.32 Å². The van der Waals surface area contributed by atoms with E-state index >= 15 is 0 Å². The van der Waals surface area contributed by atoms with E-state index in [-0.39, 0.29) is 0 Å². The van der Waals surface area contributed by atoms with Crippen LogP contribution in [0.2, 0.25) is 0 Å². The van der Waals surface area contributed by atoms with Crippen LogP contribution in [0.15, 0.2) is 24.3 Å². The van der Waals surface area contributed by atoms with Crippen molar-refractivity contribution < 1.29 is 0 Å². The quantitative estimate of drug-likeness (QED) is 0.796. The van der Waals surface area contributed by atoms with Crippen LogP contribution in [0.25, 0.3) is 0 Å². The van der Waals surface area contributed by atoms with Crippen molar-refractivity contribution in [3.63, 3.8) is 0 Å². The Labute approximate surface area is 124 Å². The van der Waals surface area contributed by atoms with Crippen LogP contribution in [0.1, 0.15) is 81.3 Å². The zero-order valence-corrected chi connectivity index (χ0v) is 12.9. The molecular weight excluding hydrogens is 242 g/mol. The van der Waals surface area contributed by atoms with Gasteiger partial charge in [-0.3, -0.25) is 0 Å². The van der Waals surface area contributed by atoms with Gasteiger partial charge < -0.3 is 5.32 Å². The van der Waals surface area contributed by atoms with Gasteiger partial charge in [0.15, 0.2) is 0 Å². The number of benzene rings is 1. The lowest BCUT2D eigenvalue weighted by molar-refractivity contribution is 0.327. The van der Waals surface area contributed by atoms with E-state index in [2.05, 4.69) is 36.5 Å². The first-order valence-electron chi connectivity index (χ1n) is 8.71. The fourth-order valence-corrected chi connectivity index (χ4v) is 3.89. The van der Waals surface area contributed by atoms with E-state index in [1.54, 1.807) is 11.1 Å². The van der Waals surface area contributed by atoms with Crippen molar-refractivity contribution in [3.8, 4) is 0 Å². The fraction of sp³-hybridized carbons (Fsp3) is 0.684. The summed E-state index contributed by atoms with van der Waals surface area (Å²) < 4.78 is 0. The second-order valence-electron chi connectivity index (χ2n) is 6.75. The Hall–Kier alpha value is -0.820. The summed E-state index contributed by atoms with van der Waals surface area (Å²) in [5.74, 6) is 1.61. The largest absolute Gasteiger partial charge is 0.313 e. The summed E-state index contributed by atoms with van der Waals surface area (Å²) in [6.45, 7) is 3.44. The van der Waals surface area contributed by atoms with Gasteiger partial charge in [-0.1, -0.05) is 50.5 Å². The highest BCUT2D eigenvalue weighted by Crippen LogP contribution is 2.39. The maximum Gasteiger partial charge on any atom is 0.0136 e. The molecule has 1 N–H and O–H groups in total. The molecule has 2 atom stereocenters. The third-order valence-corrected chi connectivity index (χ3v) is 5.34. The summed E-state index contributed by atoms with van der Waals surface area (Å²) in [4.78, 5) is 0. The Morgan fingerprint density at radius 2 is 1.80 bits per heavy atom. The Morgan fingerprint density at radius 1 is 1.00 bits per heavy atom. The van der Waals surface area contributed by atoms with Gasteiger partial charge in [-0.25, -0.2) is 0 Å². The monoisotopic (exact) mass is 271 g/mol. The highest BCUT2D eigenvalue weighted by molar-refractivity contribution is 5.31. The normalized spacial score (nSPS) is 27.2. The van der Waals surface area contributed by atoms with Crippen molar-refractivity contribution in [2.75, 3.05) is 6.54 Å². The highest BCUT2D eigenvalue weighted by atomic mass is 14.9. The molecule has 20 heavy (non-hydrogen) atoms. The van der Waals surface area contributed by atoms with Crippen molar-refractivity contribution in [1.82, 2.24) is 5.32 Å². The molecule has 0 aliphatic heterocycles. The topological polar surface area (TPSA) is 12.0 Å². The molecule has 1 aromatic rings. The number of hydrogen-bond donors (Lipinski definition) is 1. The lowest BCUT2D eigenvalue weighted by Crippen LogP contribution is -2.37. The number of nitrogens with one attached hydrogen (secondary N) is 1. The van der Waals surface area contributed by atoms with E-state index in [0.29, 0.717) is 6.04 Å². The summed E-state index contributed by atoms with van der Waals surface area (Å²) in [7, 11) is 0. The van der Waals surface area contributed by atoms with E-state index in [4.69, 9.17) is 0 Å². The van der Waals surface area contributed by atoms with E-state index in [0.717, 1.165) is 11.8 Å². The van der Waals surface area contributed by atoms with E-state index in [1.807, 2.05) is 0 Å². The molecule has 0 heterocycles. The summed E-state index contributed by atoms with van der Waals surface area (Å²) >= 11 is 0. The predicted octanol–water partition coefficient (Wildman–Crippen LogP) is 4.98. The smallest absolute Gasteiger partial charge is 0.0136 e. The molecule has 0 amide bonds. The molecule has 1 aromatic carbocycles. The molecule has 2 fully saturated rings. The Kier molecular flexibility index (Phi) is 4.77. The minimum atomic E-state index is 0.709. The molecule has 2 aliphatic carbocycles. The van der Waals surface area contributed by atoms with Gasteiger partial charge in [0, 0.05) is 6.04 Å². The van der Waals surface area contributed by atoms with Crippen LogP contribution >= 0.6 is 0 Å². The van der Waals surface area contributed by atoms with Crippen molar-refractivity contribution in [2.45, 2.75) is 76.2 Å². The highest BCUT2D eigenvalue weighted by Gasteiger charge is 2.27. The second-order valence-corrected chi connectivity index (χ2v) is 6.75. The average Bonchev–Trinajstić information content (AvgIpc) is 2.44. The van der Waals surface area contributed by atoms with Gasteiger partial charge in [0.1, 0.15) is 0 Å². The Balaban J connectivity index is 1.74. The average molecular weight is 271 g/mol. The first-order valence-corrected chi connectivity index (χ1v) is 8.71. The molecule has 3 rings (SSSR count). The second kappa shape index (κ2) is 6.76. The van der Waals surface area contributed by atoms with Crippen LogP contribution in [0.3, 0.4) is 0 Å². The molecule has 0 saturated heterocycles. The molecule has 2 unspecified atom stereocenters. The van der Waals surface area contributed by atoms with Crippen molar-refractivity contribution in [3.05, 3.63) is 35.4 Å². The zero-order chi connectivity index (χ0) is 13.8. The molecule has 0 radical (unpaired) electrons. The maximum absolute atomic E-state index is 3.80. The van der Waals surface area contributed by atoms with Crippen LogP contribution in [-0.4, -0.2) is 12.6 Å². The summed E-state index contributed by atoms with van der Waals surface area (Å²) in [5.41, 5.74) is 3.20. The summed E-state index contributed by atoms with van der Waals surface area (Å²) in [6, 6.07) is 10.3. The molecule has 2 aliphatic rings. The van der Waals surface area contributed by atoms with Crippen LogP contribution in [-0.2, 0) is 0 Å². The molecule has 0 aromatic heterocycles. The van der Waals surface area contributed by atoms with Gasteiger partial charge in [-0.05, 0) is 61.6 Å².